The number of likely N-dealkylation sites (tertiary alicyclic amines) is 1. The highest BCUT2D eigenvalue weighted by Crippen LogP contribution is 2.30. The van der Waals surface area contributed by atoms with Gasteiger partial charge in [0.25, 0.3) is 0 Å². The third-order valence-electron chi connectivity index (χ3n) is 6.41. The number of benzene rings is 1. The Balaban J connectivity index is 1.17. The maximum absolute atomic E-state index is 12.6. The van der Waals surface area contributed by atoms with Crippen LogP contribution in [0, 0.1) is 0 Å². The van der Waals surface area contributed by atoms with E-state index in [9.17, 15) is 4.79 Å². The van der Waals surface area contributed by atoms with Gasteiger partial charge in [-0.05, 0) is 44.7 Å². The van der Waals surface area contributed by atoms with E-state index in [1.165, 1.54) is 32.1 Å². The van der Waals surface area contributed by atoms with Crippen molar-refractivity contribution in [2.24, 2.45) is 0 Å². The minimum atomic E-state index is -0.157. The fourth-order valence-corrected chi connectivity index (χ4v) is 4.56. The van der Waals surface area contributed by atoms with Crippen molar-refractivity contribution in [2.45, 2.75) is 76.2 Å². The normalized spacial score (nSPS) is 24.8. The summed E-state index contributed by atoms with van der Waals surface area (Å²) in [5, 5.41) is 3.04. The Kier molecular flexibility index (Phi) is 6.93. The second-order valence-electron chi connectivity index (χ2n) is 8.55. The fraction of sp³-hybridized carbons (Fsp3) is 0.696. The van der Waals surface area contributed by atoms with Crippen LogP contribution in [0.15, 0.2) is 24.3 Å². The number of nitrogens with zero attached hydrogens (tertiary/aromatic N) is 1. The van der Waals surface area contributed by atoms with Gasteiger partial charge in [-0.1, -0.05) is 31.4 Å². The van der Waals surface area contributed by atoms with Crippen molar-refractivity contribution in [1.82, 2.24) is 10.2 Å². The minimum absolute atomic E-state index is 0.0547. The molecular weight excluding hydrogens is 368 g/mol. The van der Waals surface area contributed by atoms with Gasteiger partial charge in [-0.3, -0.25) is 9.69 Å². The van der Waals surface area contributed by atoms with E-state index in [0.29, 0.717) is 25.4 Å². The third-order valence-corrected chi connectivity index (χ3v) is 6.41. The molecule has 160 valence electrons. The largest absolute Gasteiger partial charge is 0.486 e. The molecule has 1 saturated heterocycles. The molecule has 2 unspecified atom stereocenters. The first kappa shape index (κ1) is 20.5. The number of hydrogen-bond donors (Lipinski definition) is 1. The number of ether oxygens (including phenoxy) is 3. The zero-order valence-electron chi connectivity index (χ0n) is 17.5. The maximum atomic E-state index is 12.6. The molecule has 0 radical (unpaired) electrons. The first-order valence-electron chi connectivity index (χ1n) is 11.2. The molecule has 6 heteroatoms. The molecule has 0 spiro atoms. The van der Waals surface area contributed by atoms with E-state index < -0.39 is 0 Å². The maximum Gasteiger partial charge on any atom is 0.237 e. The van der Waals surface area contributed by atoms with Gasteiger partial charge >= 0.3 is 0 Å². The average molecular weight is 403 g/mol. The molecule has 29 heavy (non-hydrogen) atoms. The van der Waals surface area contributed by atoms with E-state index in [1.807, 2.05) is 31.2 Å². The fourth-order valence-electron chi connectivity index (χ4n) is 4.56. The number of fused-ring (bicyclic) bond motifs is 1. The van der Waals surface area contributed by atoms with E-state index in [-0.39, 0.29) is 18.1 Å². The Bertz CT molecular complexity index is 669. The van der Waals surface area contributed by atoms with Crippen LogP contribution in [-0.2, 0) is 9.53 Å². The van der Waals surface area contributed by atoms with Gasteiger partial charge in [0, 0.05) is 13.1 Å². The number of nitrogens with one attached hydrogen (secondary N) is 1. The Morgan fingerprint density at radius 2 is 1.79 bits per heavy atom. The summed E-state index contributed by atoms with van der Waals surface area (Å²) in [5.74, 6) is 1.56. The molecule has 1 N–H and O–H groups in total. The number of amides is 1. The Morgan fingerprint density at radius 3 is 2.55 bits per heavy atom. The lowest BCUT2D eigenvalue weighted by Crippen LogP contribution is -2.51. The van der Waals surface area contributed by atoms with Gasteiger partial charge in [-0.15, -0.1) is 0 Å². The molecule has 0 bridgehead atoms. The van der Waals surface area contributed by atoms with Crippen molar-refractivity contribution in [1.29, 1.82) is 0 Å². The number of carbonyl (C=O) groups is 1. The lowest BCUT2D eigenvalue weighted by atomic mass is 9.97. The van der Waals surface area contributed by atoms with E-state index in [4.69, 9.17) is 14.2 Å². The molecule has 1 aliphatic carbocycles. The Hall–Kier alpha value is -1.79. The van der Waals surface area contributed by atoms with Gasteiger partial charge in [0.1, 0.15) is 12.7 Å². The topological polar surface area (TPSA) is 60.0 Å². The highest BCUT2D eigenvalue weighted by atomic mass is 16.6. The van der Waals surface area contributed by atoms with Crippen molar-refractivity contribution in [3.63, 3.8) is 0 Å². The first-order valence-corrected chi connectivity index (χ1v) is 11.2. The second kappa shape index (κ2) is 9.81. The standard InChI is InChI=1S/C23H34N2O4/c1-17(25-13-11-19(12-14-25)28-18-7-3-2-4-8-18)23(26)24-15-20-16-27-21-9-5-6-10-22(21)29-20/h5-6,9-10,17-20H,2-4,7-8,11-16H2,1H3,(H,24,26). The van der Waals surface area contributed by atoms with Crippen LogP contribution in [0.4, 0.5) is 0 Å². The summed E-state index contributed by atoms with van der Waals surface area (Å²) in [6.45, 7) is 4.74. The third kappa shape index (κ3) is 5.43. The van der Waals surface area contributed by atoms with Gasteiger partial charge in [-0.2, -0.15) is 0 Å². The summed E-state index contributed by atoms with van der Waals surface area (Å²) in [6, 6.07) is 7.50. The number of rotatable bonds is 6. The zero-order chi connectivity index (χ0) is 20.1. The lowest BCUT2D eigenvalue weighted by Gasteiger charge is -2.37. The minimum Gasteiger partial charge on any atom is -0.486 e. The molecule has 1 aromatic carbocycles. The van der Waals surface area contributed by atoms with Gasteiger partial charge in [-0.25, -0.2) is 0 Å². The summed E-state index contributed by atoms with van der Waals surface area (Å²) in [4.78, 5) is 14.9. The van der Waals surface area contributed by atoms with Crippen LogP contribution in [0.3, 0.4) is 0 Å². The van der Waals surface area contributed by atoms with Crippen LogP contribution < -0.4 is 14.8 Å². The summed E-state index contributed by atoms with van der Waals surface area (Å²) in [6.07, 6.45) is 9.11. The van der Waals surface area contributed by atoms with Gasteiger partial charge in [0.15, 0.2) is 11.5 Å². The van der Waals surface area contributed by atoms with E-state index >= 15 is 0 Å². The van der Waals surface area contributed by atoms with Gasteiger partial charge in [0.05, 0.1) is 24.8 Å². The van der Waals surface area contributed by atoms with Crippen LogP contribution in [0.5, 0.6) is 11.5 Å². The summed E-state index contributed by atoms with van der Waals surface area (Å²) >= 11 is 0. The smallest absolute Gasteiger partial charge is 0.237 e. The van der Waals surface area contributed by atoms with Crippen LogP contribution in [0.2, 0.25) is 0 Å². The van der Waals surface area contributed by atoms with E-state index in [2.05, 4.69) is 10.2 Å². The highest BCUT2D eigenvalue weighted by Gasteiger charge is 2.29. The first-order chi connectivity index (χ1) is 14.2. The van der Waals surface area contributed by atoms with Crippen LogP contribution >= 0.6 is 0 Å². The molecule has 1 saturated carbocycles. The van der Waals surface area contributed by atoms with Gasteiger partial charge < -0.3 is 19.5 Å². The van der Waals surface area contributed by atoms with Crippen molar-refractivity contribution < 1.29 is 19.0 Å². The number of para-hydroxylation sites is 2. The zero-order valence-corrected chi connectivity index (χ0v) is 17.5. The summed E-state index contributed by atoms with van der Waals surface area (Å²) in [7, 11) is 0. The molecule has 1 amide bonds. The Morgan fingerprint density at radius 1 is 1.10 bits per heavy atom. The number of carbonyl (C=O) groups excluding carboxylic acids is 1. The van der Waals surface area contributed by atoms with Crippen LogP contribution in [0.1, 0.15) is 51.9 Å². The molecule has 2 atom stereocenters. The SMILES string of the molecule is CC(C(=O)NCC1COc2ccccc2O1)N1CCC(OC2CCCCC2)CC1. The molecule has 2 fully saturated rings. The molecule has 1 aromatic rings. The number of hydrogen-bond acceptors (Lipinski definition) is 5. The molecule has 6 nitrogen and oxygen atoms in total. The quantitative estimate of drug-likeness (QED) is 0.792. The van der Waals surface area contributed by atoms with Crippen LogP contribution in [0.25, 0.3) is 0 Å². The molecule has 2 heterocycles. The highest BCUT2D eigenvalue weighted by molar-refractivity contribution is 5.81. The van der Waals surface area contributed by atoms with Crippen LogP contribution in [-0.4, -0.2) is 61.4 Å². The van der Waals surface area contributed by atoms with Crippen molar-refractivity contribution in [3.05, 3.63) is 24.3 Å². The number of piperidine rings is 1. The predicted octanol–water partition coefficient (Wildman–Crippen LogP) is 3.14. The predicted molar refractivity (Wildman–Crippen MR) is 111 cm³/mol. The van der Waals surface area contributed by atoms with Crippen molar-refractivity contribution in [3.8, 4) is 11.5 Å². The second-order valence-corrected chi connectivity index (χ2v) is 8.55. The monoisotopic (exact) mass is 402 g/mol. The summed E-state index contributed by atoms with van der Waals surface area (Å²) in [5.41, 5.74) is 0. The van der Waals surface area contributed by atoms with E-state index in [1.54, 1.807) is 0 Å². The molecule has 4 rings (SSSR count). The molecule has 2 aliphatic heterocycles. The van der Waals surface area contributed by atoms with Crippen molar-refractivity contribution in [2.75, 3.05) is 26.2 Å². The molecule has 0 aromatic heterocycles. The van der Waals surface area contributed by atoms with E-state index in [0.717, 1.165) is 37.4 Å². The average Bonchev–Trinajstić information content (AvgIpc) is 2.78. The van der Waals surface area contributed by atoms with Gasteiger partial charge in [0.2, 0.25) is 5.91 Å². The molecule has 3 aliphatic rings. The Labute approximate surface area is 173 Å². The van der Waals surface area contributed by atoms with Crippen molar-refractivity contribution >= 4 is 5.91 Å². The lowest BCUT2D eigenvalue weighted by molar-refractivity contribution is -0.128. The molecular formula is C23H34N2O4. The summed E-state index contributed by atoms with van der Waals surface area (Å²) < 4.78 is 18.0.